The SMILES string of the molecule is CN1C=C2C(=C(C3=C[C@H]4CC[C@@H](C3)N4CC(=O)N(C)C3CC(O)C3)C1)NN=C1C=Cc3cc(F)cc2c31. The molecular formula is C29H32FN5O2. The van der Waals surface area contributed by atoms with Crippen molar-refractivity contribution in [2.24, 2.45) is 5.10 Å². The third kappa shape index (κ3) is 3.68. The highest BCUT2D eigenvalue weighted by atomic mass is 19.1. The fraction of sp³-hybridized carbons (Fsp3) is 0.448. The largest absolute Gasteiger partial charge is 0.393 e. The normalized spacial score (nSPS) is 29.5. The number of hydrazone groups is 1. The van der Waals surface area contributed by atoms with Crippen LogP contribution in [0.2, 0.25) is 0 Å². The summed E-state index contributed by atoms with van der Waals surface area (Å²) < 4.78 is 14.6. The lowest BCUT2D eigenvalue weighted by atomic mass is 9.86. The first-order valence-electron chi connectivity index (χ1n) is 13.3. The lowest BCUT2D eigenvalue weighted by Crippen LogP contribution is -2.52. The van der Waals surface area contributed by atoms with Crippen molar-refractivity contribution in [3.8, 4) is 0 Å². The topological polar surface area (TPSA) is 71.4 Å². The molecule has 1 aromatic carbocycles. The van der Waals surface area contributed by atoms with Crippen LogP contribution in [0.4, 0.5) is 4.39 Å². The van der Waals surface area contributed by atoms with Crippen molar-refractivity contribution >= 4 is 23.3 Å². The molecule has 7 nitrogen and oxygen atoms in total. The number of likely N-dealkylation sites (N-methyl/N-ethyl adjacent to an activating group) is 2. The molecule has 7 rings (SSSR count). The number of hydrogen-bond donors (Lipinski definition) is 2. The molecule has 2 atom stereocenters. The Labute approximate surface area is 216 Å². The Hall–Kier alpha value is -3.23. The summed E-state index contributed by atoms with van der Waals surface area (Å²) in [6, 6.07) is 3.91. The van der Waals surface area contributed by atoms with Gasteiger partial charge in [-0.15, -0.1) is 0 Å². The minimum atomic E-state index is -0.267. The van der Waals surface area contributed by atoms with Crippen molar-refractivity contribution in [1.29, 1.82) is 0 Å². The van der Waals surface area contributed by atoms with Crippen LogP contribution in [0.5, 0.6) is 0 Å². The Bertz CT molecular complexity index is 1350. The molecule has 2 bridgehead atoms. The number of aliphatic hydroxyl groups is 1. The Kier molecular flexibility index (Phi) is 5.20. The Morgan fingerprint density at radius 2 is 2.11 bits per heavy atom. The summed E-state index contributed by atoms with van der Waals surface area (Å²) in [5.41, 5.74) is 11.3. The molecule has 0 radical (unpaired) electrons. The predicted molar refractivity (Wildman–Crippen MR) is 141 cm³/mol. The summed E-state index contributed by atoms with van der Waals surface area (Å²) in [5.74, 6) is -0.104. The molecule has 4 aliphatic heterocycles. The van der Waals surface area contributed by atoms with Crippen LogP contribution >= 0.6 is 0 Å². The molecule has 4 heterocycles. The van der Waals surface area contributed by atoms with Gasteiger partial charge in [0.25, 0.3) is 0 Å². The molecule has 1 saturated carbocycles. The lowest BCUT2D eigenvalue weighted by molar-refractivity contribution is -0.137. The van der Waals surface area contributed by atoms with Crippen LogP contribution in [0.1, 0.15) is 48.8 Å². The van der Waals surface area contributed by atoms with Gasteiger partial charge in [-0.2, -0.15) is 5.10 Å². The van der Waals surface area contributed by atoms with Crippen LogP contribution in [0.15, 0.2) is 52.4 Å². The van der Waals surface area contributed by atoms with E-state index >= 15 is 0 Å². The maximum atomic E-state index is 14.6. The van der Waals surface area contributed by atoms with E-state index in [-0.39, 0.29) is 29.9 Å². The van der Waals surface area contributed by atoms with Crippen LogP contribution < -0.4 is 5.43 Å². The highest BCUT2D eigenvalue weighted by Gasteiger charge is 2.41. The van der Waals surface area contributed by atoms with Gasteiger partial charge in [0.15, 0.2) is 0 Å². The van der Waals surface area contributed by atoms with Gasteiger partial charge in [0.2, 0.25) is 5.91 Å². The van der Waals surface area contributed by atoms with Gasteiger partial charge in [-0.3, -0.25) is 15.1 Å². The van der Waals surface area contributed by atoms with Crippen LogP contribution in [0.3, 0.4) is 0 Å². The van der Waals surface area contributed by atoms with Gasteiger partial charge < -0.3 is 14.9 Å². The number of carbonyl (C=O) groups excluding carboxylic acids is 1. The Morgan fingerprint density at radius 1 is 1.27 bits per heavy atom. The van der Waals surface area contributed by atoms with Crippen molar-refractivity contribution in [2.75, 3.05) is 27.2 Å². The smallest absolute Gasteiger partial charge is 0.236 e. The van der Waals surface area contributed by atoms with E-state index in [4.69, 9.17) is 5.10 Å². The summed E-state index contributed by atoms with van der Waals surface area (Å²) >= 11 is 0. The van der Waals surface area contributed by atoms with Gasteiger partial charge in [0.1, 0.15) is 5.82 Å². The summed E-state index contributed by atoms with van der Waals surface area (Å²) in [6.45, 7) is 1.17. The highest BCUT2D eigenvalue weighted by molar-refractivity contribution is 6.20. The number of hydrogen-bond acceptors (Lipinski definition) is 6. The fourth-order valence-corrected chi connectivity index (χ4v) is 6.87. The maximum Gasteiger partial charge on any atom is 0.236 e. The first-order valence-corrected chi connectivity index (χ1v) is 13.3. The van der Waals surface area contributed by atoms with Crippen molar-refractivity contribution in [3.63, 3.8) is 0 Å². The number of rotatable bonds is 4. The minimum Gasteiger partial charge on any atom is -0.393 e. The second kappa shape index (κ2) is 8.39. The Morgan fingerprint density at radius 3 is 2.89 bits per heavy atom. The van der Waals surface area contributed by atoms with Gasteiger partial charge in [-0.05, 0) is 67.0 Å². The zero-order valence-corrected chi connectivity index (χ0v) is 21.2. The molecular weight excluding hydrogens is 469 g/mol. The maximum absolute atomic E-state index is 14.6. The van der Waals surface area contributed by atoms with E-state index in [0.29, 0.717) is 25.4 Å². The molecule has 2 fully saturated rings. The second-order valence-corrected chi connectivity index (χ2v) is 11.3. The fourth-order valence-electron chi connectivity index (χ4n) is 6.87. The molecule has 0 unspecified atom stereocenters. The number of halogens is 1. The van der Waals surface area contributed by atoms with E-state index in [1.54, 1.807) is 12.1 Å². The molecule has 6 aliphatic rings. The zero-order valence-electron chi connectivity index (χ0n) is 21.2. The molecule has 1 saturated heterocycles. The third-order valence-electron chi connectivity index (χ3n) is 8.99. The van der Waals surface area contributed by atoms with Crippen molar-refractivity contribution in [2.45, 2.75) is 56.3 Å². The molecule has 0 spiro atoms. The average molecular weight is 502 g/mol. The summed E-state index contributed by atoms with van der Waals surface area (Å²) in [6.07, 6.45) is 12.4. The number of carbonyl (C=O) groups is 1. The van der Waals surface area contributed by atoms with Crippen LogP contribution in [0, 0.1) is 5.82 Å². The number of fused-ring (bicyclic) bond motifs is 4. The third-order valence-corrected chi connectivity index (χ3v) is 8.99. The molecule has 1 amide bonds. The number of benzene rings is 1. The summed E-state index contributed by atoms with van der Waals surface area (Å²) in [5, 5.41) is 14.3. The van der Waals surface area contributed by atoms with Crippen LogP contribution in [-0.2, 0) is 4.79 Å². The van der Waals surface area contributed by atoms with Gasteiger partial charge in [-0.25, -0.2) is 4.39 Å². The molecule has 0 aromatic heterocycles. The van der Waals surface area contributed by atoms with Crippen molar-refractivity contribution < 1.29 is 14.3 Å². The number of nitrogens with one attached hydrogen (secondary N) is 1. The Balaban J connectivity index is 1.20. The molecule has 2 N–H and O–H groups in total. The molecule has 192 valence electrons. The van der Waals surface area contributed by atoms with E-state index in [1.807, 2.05) is 24.1 Å². The van der Waals surface area contributed by atoms with E-state index < -0.39 is 0 Å². The second-order valence-electron chi connectivity index (χ2n) is 11.3. The van der Waals surface area contributed by atoms with Gasteiger partial charge in [-0.1, -0.05) is 12.2 Å². The van der Waals surface area contributed by atoms with Crippen molar-refractivity contribution in [1.82, 2.24) is 20.1 Å². The highest BCUT2D eigenvalue weighted by Crippen LogP contribution is 2.43. The van der Waals surface area contributed by atoms with E-state index in [0.717, 1.165) is 59.5 Å². The van der Waals surface area contributed by atoms with Crippen molar-refractivity contribution in [3.05, 3.63) is 69.8 Å². The van der Waals surface area contributed by atoms with Crippen LogP contribution in [0.25, 0.3) is 11.6 Å². The average Bonchev–Trinajstić information content (AvgIpc) is 3.29. The summed E-state index contributed by atoms with van der Waals surface area (Å²) in [7, 11) is 3.93. The van der Waals surface area contributed by atoms with Gasteiger partial charge in [0.05, 0.1) is 24.1 Å². The first-order chi connectivity index (χ1) is 17.9. The lowest BCUT2D eigenvalue weighted by Gasteiger charge is -2.41. The van der Waals surface area contributed by atoms with E-state index in [2.05, 4.69) is 34.5 Å². The quantitative estimate of drug-likeness (QED) is 0.664. The zero-order chi connectivity index (χ0) is 25.4. The van der Waals surface area contributed by atoms with Gasteiger partial charge >= 0.3 is 0 Å². The van der Waals surface area contributed by atoms with Gasteiger partial charge in [0, 0.05) is 61.7 Å². The predicted octanol–water partition coefficient (Wildman–Crippen LogP) is 2.85. The monoisotopic (exact) mass is 501 g/mol. The standard InChI is InChI=1S/C29H32FN5O2/c1-33-13-24(29-25(14-33)23-10-18(30)7-16-3-6-26(28(16)23)31-32-29)17-8-19-4-5-20(9-17)35(19)15-27(37)34(2)21-11-22(36)12-21/h3,6-8,10,14,19-22,32,36H,4-5,9,11-13,15H2,1-2H3/t19-,20+,21?,22?/m1/s1. The van der Waals surface area contributed by atoms with E-state index in [9.17, 15) is 14.3 Å². The van der Waals surface area contributed by atoms with Crippen LogP contribution in [-0.4, -0.2) is 82.8 Å². The number of amides is 1. The summed E-state index contributed by atoms with van der Waals surface area (Å²) in [4.78, 5) is 19.4. The number of aliphatic hydroxyl groups excluding tert-OH is 1. The van der Waals surface area contributed by atoms with E-state index in [1.165, 1.54) is 11.1 Å². The first kappa shape index (κ1) is 22.9. The molecule has 37 heavy (non-hydrogen) atoms. The number of nitrogens with zero attached hydrogens (tertiary/aromatic N) is 4. The molecule has 2 aliphatic carbocycles. The molecule has 8 heteroatoms. The minimum absolute atomic E-state index is 0.138. The molecule has 1 aromatic rings. The number of allylic oxidation sites excluding steroid dienone is 2.